The normalized spacial score (nSPS) is 22.0. The van der Waals surface area contributed by atoms with E-state index in [4.69, 9.17) is 11.6 Å². The minimum Gasteiger partial charge on any atom is -0.389 e. The molecule has 4 heteroatoms. The fourth-order valence-corrected chi connectivity index (χ4v) is 2.64. The second kappa shape index (κ2) is 4.92. The number of hydrogen-bond acceptors (Lipinski definition) is 3. The molecule has 0 radical (unpaired) electrons. The van der Waals surface area contributed by atoms with Crippen molar-refractivity contribution in [2.24, 2.45) is 0 Å². The minimum atomic E-state index is -0.650. The average Bonchev–Trinajstić information content (AvgIpc) is 2.69. The number of nitrogens with zero attached hydrogens (tertiary/aromatic N) is 2. The lowest BCUT2D eigenvalue weighted by Crippen LogP contribution is -2.45. The van der Waals surface area contributed by atoms with E-state index in [1.54, 1.807) is 6.20 Å². The van der Waals surface area contributed by atoms with E-state index in [2.05, 4.69) is 9.88 Å². The molecule has 3 nitrogen and oxygen atoms in total. The Morgan fingerprint density at radius 2 is 2.29 bits per heavy atom. The fourth-order valence-electron chi connectivity index (χ4n) is 2.52. The molecule has 0 saturated carbocycles. The molecule has 1 aromatic rings. The van der Waals surface area contributed by atoms with E-state index in [0.717, 1.165) is 31.6 Å². The van der Waals surface area contributed by atoms with Crippen molar-refractivity contribution in [1.29, 1.82) is 0 Å². The molecule has 1 aromatic heterocycles. The second-order valence-corrected chi connectivity index (χ2v) is 5.69. The van der Waals surface area contributed by atoms with E-state index in [1.165, 1.54) is 0 Å². The molecule has 0 aliphatic carbocycles. The Labute approximate surface area is 107 Å². The molecule has 17 heavy (non-hydrogen) atoms. The maximum absolute atomic E-state index is 10.1. The van der Waals surface area contributed by atoms with Crippen molar-refractivity contribution in [2.75, 3.05) is 6.54 Å². The Bertz CT molecular complexity index is 372. The number of hydrogen-bond donors (Lipinski definition) is 1. The third-order valence-corrected chi connectivity index (χ3v) is 3.56. The summed E-state index contributed by atoms with van der Waals surface area (Å²) < 4.78 is 0. The molecule has 94 valence electrons. The Morgan fingerprint density at radius 1 is 1.53 bits per heavy atom. The van der Waals surface area contributed by atoms with Gasteiger partial charge in [-0.3, -0.25) is 9.88 Å². The molecule has 0 amide bonds. The smallest absolute Gasteiger partial charge is 0.0746 e. The topological polar surface area (TPSA) is 36.4 Å². The lowest BCUT2D eigenvalue weighted by atomic mass is 9.96. The number of aliphatic hydroxyl groups is 1. The summed E-state index contributed by atoms with van der Waals surface area (Å²) in [6.45, 7) is 5.57. The van der Waals surface area contributed by atoms with Gasteiger partial charge in [0, 0.05) is 18.8 Å². The summed E-state index contributed by atoms with van der Waals surface area (Å²) in [5.41, 5.74) is 0.355. The van der Waals surface area contributed by atoms with Crippen molar-refractivity contribution < 1.29 is 5.11 Å². The van der Waals surface area contributed by atoms with Gasteiger partial charge in [-0.15, -0.1) is 0 Å². The highest BCUT2D eigenvalue weighted by molar-refractivity contribution is 6.30. The van der Waals surface area contributed by atoms with Crippen molar-refractivity contribution >= 4 is 11.6 Å². The van der Waals surface area contributed by atoms with Crippen LogP contribution in [-0.2, 0) is 6.54 Å². The highest BCUT2D eigenvalue weighted by Gasteiger charge is 2.35. The van der Waals surface area contributed by atoms with Gasteiger partial charge in [-0.25, -0.2) is 0 Å². The Hall–Kier alpha value is -0.640. The highest BCUT2D eigenvalue weighted by atomic mass is 35.5. The Kier molecular flexibility index (Phi) is 3.71. The molecule has 1 atom stereocenters. The van der Waals surface area contributed by atoms with Gasteiger partial charge in [0.2, 0.25) is 0 Å². The maximum atomic E-state index is 10.1. The van der Waals surface area contributed by atoms with E-state index in [-0.39, 0.29) is 6.04 Å². The first kappa shape index (κ1) is 12.8. The molecule has 0 aromatic carbocycles. The first-order chi connectivity index (χ1) is 7.97. The summed E-state index contributed by atoms with van der Waals surface area (Å²) in [6.07, 6.45) is 3.87. The maximum Gasteiger partial charge on any atom is 0.0746 e. The van der Waals surface area contributed by atoms with E-state index in [1.807, 2.05) is 26.0 Å². The molecule has 1 unspecified atom stereocenters. The first-order valence-electron chi connectivity index (χ1n) is 6.03. The van der Waals surface area contributed by atoms with Gasteiger partial charge in [-0.2, -0.15) is 0 Å². The molecular formula is C13H19ClN2O. The molecule has 1 N–H and O–H groups in total. The fraction of sp³-hybridized carbons (Fsp3) is 0.615. The first-order valence-corrected chi connectivity index (χ1v) is 6.41. The summed E-state index contributed by atoms with van der Waals surface area (Å²) in [4.78, 5) is 6.60. The van der Waals surface area contributed by atoms with Crippen LogP contribution in [-0.4, -0.2) is 33.2 Å². The predicted molar refractivity (Wildman–Crippen MR) is 69.0 cm³/mol. The van der Waals surface area contributed by atoms with Gasteiger partial charge >= 0.3 is 0 Å². The number of likely N-dealkylation sites (tertiary alicyclic amines) is 1. The number of halogens is 1. The number of pyridine rings is 1. The van der Waals surface area contributed by atoms with Crippen LogP contribution in [0.25, 0.3) is 0 Å². The Morgan fingerprint density at radius 3 is 2.88 bits per heavy atom. The second-order valence-electron chi connectivity index (χ2n) is 5.25. The van der Waals surface area contributed by atoms with Crippen LogP contribution in [0, 0.1) is 0 Å². The van der Waals surface area contributed by atoms with Crippen LogP contribution in [0.2, 0.25) is 5.02 Å². The average molecular weight is 255 g/mol. The monoisotopic (exact) mass is 254 g/mol. The summed E-state index contributed by atoms with van der Waals surface area (Å²) in [5, 5.41) is 10.8. The van der Waals surface area contributed by atoms with Crippen LogP contribution in [0.3, 0.4) is 0 Å². The molecule has 2 heterocycles. The van der Waals surface area contributed by atoms with Gasteiger partial charge in [0.25, 0.3) is 0 Å². The zero-order valence-electron chi connectivity index (χ0n) is 10.4. The summed E-state index contributed by atoms with van der Waals surface area (Å²) in [6, 6.07) is 4.03. The minimum absolute atomic E-state index is 0.222. The van der Waals surface area contributed by atoms with E-state index in [9.17, 15) is 5.11 Å². The van der Waals surface area contributed by atoms with Gasteiger partial charge in [0.1, 0.15) is 0 Å². The molecular weight excluding hydrogens is 236 g/mol. The van der Waals surface area contributed by atoms with Gasteiger partial charge in [-0.1, -0.05) is 11.6 Å². The van der Waals surface area contributed by atoms with Crippen molar-refractivity contribution in [3.05, 3.63) is 29.0 Å². The highest BCUT2D eigenvalue weighted by Crippen LogP contribution is 2.27. The van der Waals surface area contributed by atoms with E-state index < -0.39 is 5.60 Å². The van der Waals surface area contributed by atoms with Gasteiger partial charge in [0.05, 0.1) is 16.3 Å². The quantitative estimate of drug-likeness (QED) is 0.900. The lowest BCUT2D eigenvalue weighted by molar-refractivity contribution is -0.00536. The Balaban J connectivity index is 2.05. The molecule has 1 aliphatic heterocycles. The molecule has 2 rings (SSSR count). The van der Waals surface area contributed by atoms with Crippen molar-refractivity contribution in [3.63, 3.8) is 0 Å². The largest absolute Gasteiger partial charge is 0.389 e. The van der Waals surface area contributed by atoms with Crippen molar-refractivity contribution in [3.8, 4) is 0 Å². The molecule has 1 aliphatic rings. The summed E-state index contributed by atoms with van der Waals surface area (Å²) in [5.74, 6) is 0. The lowest BCUT2D eigenvalue weighted by Gasteiger charge is -2.33. The van der Waals surface area contributed by atoms with E-state index in [0.29, 0.717) is 5.02 Å². The van der Waals surface area contributed by atoms with Crippen LogP contribution < -0.4 is 0 Å². The SMILES string of the molecule is CC(C)(O)C1CCCN1Cc1ccc(Cl)cn1. The standard InChI is InChI=1S/C13H19ClN2O/c1-13(2,17)12-4-3-7-16(12)9-11-6-5-10(14)8-15-11/h5-6,8,12,17H,3-4,7,9H2,1-2H3. The zero-order chi connectivity index (χ0) is 12.5. The van der Waals surface area contributed by atoms with Crippen LogP contribution >= 0.6 is 11.6 Å². The summed E-state index contributed by atoms with van der Waals surface area (Å²) >= 11 is 5.81. The van der Waals surface area contributed by atoms with Crippen LogP contribution in [0.15, 0.2) is 18.3 Å². The van der Waals surface area contributed by atoms with E-state index >= 15 is 0 Å². The summed E-state index contributed by atoms with van der Waals surface area (Å²) in [7, 11) is 0. The molecule has 0 spiro atoms. The van der Waals surface area contributed by atoms with Crippen LogP contribution in [0.5, 0.6) is 0 Å². The van der Waals surface area contributed by atoms with Crippen molar-refractivity contribution in [1.82, 2.24) is 9.88 Å². The zero-order valence-corrected chi connectivity index (χ0v) is 11.1. The van der Waals surface area contributed by atoms with Crippen LogP contribution in [0.1, 0.15) is 32.4 Å². The molecule has 1 saturated heterocycles. The molecule has 1 fully saturated rings. The van der Waals surface area contributed by atoms with Crippen molar-refractivity contribution in [2.45, 2.75) is 44.9 Å². The number of aromatic nitrogens is 1. The van der Waals surface area contributed by atoms with Gasteiger partial charge < -0.3 is 5.11 Å². The van der Waals surface area contributed by atoms with Crippen LogP contribution in [0.4, 0.5) is 0 Å². The third-order valence-electron chi connectivity index (χ3n) is 3.33. The molecule has 0 bridgehead atoms. The predicted octanol–water partition coefficient (Wildman–Crippen LogP) is 2.47. The van der Waals surface area contributed by atoms with Gasteiger partial charge in [-0.05, 0) is 45.4 Å². The van der Waals surface area contributed by atoms with Gasteiger partial charge in [0.15, 0.2) is 0 Å². The third kappa shape index (κ3) is 3.18. The number of rotatable bonds is 3.